The summed E-state index contributed by atoms with van der Waals surface area (Å²) in [6.07, 6.45) is 14.1. The summed E-state index contributed by atoms with van der Waals surface area (Å²) < 4.78 is 6.41. The second kappa shape index (κ2) is 22.1. The predicted molar refractivity (Wildman–Crippen MR) is 207 cm³/mol. The SMILES string of the molecule is CCCCCCCCCCCCCC(Oc1ccc(C(=O)c2ccccc2)c(O)c1)C(CCC)C(=O)OOc1ccc(C(=O)c2ccccc2)c(O)c1. The molecule has 0 radical (unpaired) electrons. The highest BCUT2D eigenvalue weighted by molar-refractivity contribution is 6.11. The van der Waals surface area contributed by atoms with Crippen molar-refractivity contribution in [2.75, 3.05) is 0 Å². The molecule has 4 aromatic rings. The van der Waals surface area contributed by atoms with Gasteiger partial charge in [-0.1, -0.05) is 145 Å². The molecule has 0 heterocycles. The zero-order chi connectivity index (χ0) is 37.8. The van der Waals surface area contributed by atoms with E-state index in [0.29, 0.717) is 36.1 Å². The number of carbonyl (C=O) groups is 3. The van der Waals surface area contributed by atoms with Gasteiger partial charge in [-0.25, -0.2) is 9.68 Å². The lowest BCUT2D eigenvalue weighted by atomic mass is 9.92. The summed E-state index contributed by atoms with van der Waals surface area (Å²) in [6, 6.07) is 26.1. The summed E-state index contributed by atoms with van der Waals surface area (Å²) in [5.74, 6) is -2.12. The Labute approximate surface area is 314 Å². The van der Waals surface area contributed by atoms with Crippen molar-refractivity contribution in [3.63, 3.8) is 0 Å². The lowest BCUT2D eigenvalue weighted by molar-refractivity contribution is -0.222. The molecule has 0 aliphatic rings. The Hall–Kier alpha value is -5.11. The summed E-state index contributed by atoms with van der Waals surface area (Å²) in [5, 5.41) is 21.5. The zero-order valence-electron chi connectivity index (χ0n) is 31.1. The number of carbonyl (C=O) groups excluding carboxylic acids is 3. The van der Waals surface area contributed by atoms with Gasteiger partial charge < -0.3 is 14.9 Å². The smallest absolute Gasteiger partial charge is 0.362 e. The first kappa shape index (κ1) is 40.7. The van der Waals surface area contributed by atoms with E-state index in [4.69, 9.17) is 14.5 Å². The highest BCUT2D eigenvalue weighted by atomic mass is 17.2. The van der Waals surface area contributed by atoms with Crippen LogP contribution in [0.2, 0.25) is 0 Å². The maximum Gasteiger partial charge on any atom is 0.362 e. The number of rotatable bonds is 24. The van der Waals surface area contributed by atoms with Crippen molar-refractivity contribution < 1.29 is 39.1 Å². The molecule has 2 N–H and O–H groups in total. The number of hydrogen-bond donors (Lipinski definition) is 2. The molecule has 0 saturated carbocycles. The van der Waals surface area contributed by atoms with E-state index < -0.39 is 18.0 Å². The van der Waals surface area contributed by atoms with E-state index >= 15 is 0 Å². The first-order chi connectivity index (χ1) is 25.8. The number of unbranched alkanes of at least 4 members (excludes halogenated alkanes) is 10. The molecule has 282 valence electrons. The Bertz CT molecular complexity index is 1720. The van der Waals surface area contributed by atoms with E-state index in [0.717, 1.165) is 19.3 Å². The van der Waals surface area contributed by atoms with Crippen LogP contribution in [0.25, 0.3) is 0 Å². The number of aromatic hydroxyl groups is 2. The van der Waals surface area contributed by atoms with E-state index in [1.54, 1.807) is 60.7 Å². The molecule has 8 heteroatoms. The van der Waals surface area contributed by atoms with Crippen molar-refractivity contribution in [2.24, 2.45) is 5.92 Å². The molecular formula is C45H54O8. The lowest BCUT2D eigenvalue weighted by Crippen LogP contribution is -2.35. The third-order valence-electron chi connectivity index (χ3n) is 9.45. The minimum Gasteiger partial charge on any atom is -0.507 e. The number of ether oxygens (including phenoxy) is 1. The van der Waals surface area contributed by atoms with Gasteiger partial charge in [0.25, 0.3) is 0 Å². The molecule has 2 atom stereocenters. The summed E-state index contributed by atoms with van der Waals surface area (Å²) >= 11 is 0. The number of phenols is 2. The molecule has 0 fully saturated rings. The van der Waals surface area contributed by atoms with Crippen molar-refractivity contribution in [3.05, 3.63) is 119 Å². The molecular weight excluding hydrogens is 668 g/mol. The number of benzene rings is 4. The number of phenolic OH excluding ortho intramolecular Hbond substituents is 2. The normalized spacial score (nSPS) is 12.1. The maximum atomic E-state index is 13.6. The lowest BCUT2D eigenvalue weighted by Gasteiger charge is -2.26. The Morgan fingerprint density at radius 3 is 1.51 bits per heavy atom. The molecule has 8 nitrogen and oxygen atoms in total. The molecule has 0 bridgehead atoms. The zero-order valence-corrected chi connectivity index (χ0v) is 31.1. The second-order valence-corrected chi connectivity index (χ2v) is 13.6. The predicted octanol–water partition coefficient (Wildman–Crippen LogP) is 11.0. The number of ketones is 2. The van der Waals surface area contributed by atoms with Crippen molar-refractivity contribution in [3.8, 4) is 23.0 Å². The van der Waals surface area contributed by atoms with Crippen molar-refractivity contribution in [2.45, 2.75) is 110 Å². The van der Waals surface area contributed by atoms with Crippen molar-refractivity contribution in [1.82, 2.24) is 0 Å². The van der Waals surface area contributed by atoms with Crippen LogP contribution in [0.5, 0.6) is 23.0 Å². The van der Waals surface area contributed by atoms with Crippen molar-refractivity contribution >= 4 is 17.5 Å². The molecule has 0 saturated heterocycles. The van der Waals surface area contributed by atoms with Gasteiger partial charge in [0.1, 0.15) is 23.4 Å². The van der Waals surface area contributed by atoms with Crippen LogP contribution in [0.1, 0.15) is 136 Å². The molecule has 0 aromatic heterocycles. The second-order valence-electron chi connectivity index (χ2n) is 13.6. The van der Waals surface area contributed by atoms with E-state index in [9.17, 15) is 24.6 Å². The average molecular weight is 723 g/mol. The van der Waals surface area contributed by atoms with E-state index in [-0.39, 0.29) is 39.9 Å². The fraction of sp³-hybridized carbons (Fsp3) is 0.400. The van der Waals surface area contributed by atoms with Crippen LogP contribution in [-0.4, -0.2) is 33.9 Å². The van der Waals surface area contributed by atoms with Crippen LogP contribution in [0.4, 0.5) is 0 Å². The standard InChI is InChI=1S/C45H54O8/c1-3-5-6-7-8-9-10-11-12-13-20-26-42(51-35-27-29-37(40(46)31-35)43(48)33-22-16-14-17-23-33)39(21-4-2)45(50)53-52-36-28-30-38(41(47)32-36)44(49)34-24-18-15-19-25-34/h14-19,22-25,27-32,39,42,46-47H,3-13,20-21,26H2,1-2H3. The van der Waals surface area contributed by atoms with Gasteiger partial charge in [-0.15, -0.1) is 0 Å². The molecule has 0 aliphatic heterocycles. The molecule has 0 amide bonds. The maximum absolute atomic E-state index is 13.6. The Morgan fingerprint density at radius 1 is 0.547 bits per heavy atom. The monoisotopic (exact) mass is 722 g/mol. The van der Waals surface area contributed by atoms with Gasteiger partial charge in [0.15, 0.2) is 17.3 Å². The van der Waals surface area contributed by atoms with Gasteiger partial charge in [0, 0.05) is 23.3 Å². The van der Waals surface area contributed by atoms with Crippen LogP contribution in [0.3, 0.4) is 0 Å². The van der Waals surface area contributed by atoms with Crippen molar-refractivity contribution in [1.29, 1.82) is 0 Å². The van der Waals surface area contributed by atoms with Gasteiger partial charge in [0.05, 0.1) is 17.0 Å². The first-order valence-electron chi connectivity index (χ1n) is 19.2. The van der Waals surface area contributed by atoms with Gasteiger partial charge in [-0.2, -0.15) is 0 Å². The topological polar surface area (TPSA) is 119 Å². The minimum atomic E-state index is -0.705. The molecule has 53 heavy (non-hydrogen) atoms. The summed E-state index contributed by atoms with van der Waals surface area (Å²) in [6.45, 7) is 4.20. The van der Waals surface area contributed by atoms with Gasteiger partial charge in [-0.3, -0.25) is 14.5 Å². The van der Waals surface area contributed by atoms with Crippen LogP contribution >= 0.6 is 0 Å². The van der Waals surface area contributed by atoms with E-state index in [2.05, 4.69) is 6.92 Å². The van der Waals surface area contributed by atoms with Gasteiger partial charge in [-0.05, 0) is 43.5 Å². The summed E-state index contributed by atoms with van der Waals surface area (Å²) in [5.41, 5.74) is 1.14. The Morgan fingerprint density at radius 2 is 1.02 bits per heavy atom. The van der Waals surface area contributed by atoms with Gasteiger partial charge >= 0.3 is 5.97 Å². The third-order valence-corrected chi connectivity index (χ3v) is 9.45. The first-order valence-corrected chi connectivity index (χ1v) is 19.2. The van der Waals surface area contributed by atoms with E-state index in [1.165, 1.54) is 81.7 Å². The summed E-state index contributed by atoms with van der Waals surface area (Å²) in [7, 11) is 0. The van der Waals surface area contributed by atoms with Crippen LogP contribution in [0, 0.1) is 5.92 Å². The summed E-state index contributed by atoms with van der Waals surface area (Å²) in [4.78, 5) is 50.2. The Balaban J connectivity index is 1.42. The molecule has 0 aliphatic carbocycles. The quantitative estimate of drug-likeness (QED) is 0.0317. The largest absolute Gasteiger partial charge is 0.507 e. The molecule has 2 unspecified atom stereocenters. The highest BCUT2D eigenvalue weighted by Gasteiger charge is 2.32. The third kappa shape index (κ3) is 12.8. The molecule has 4 rings (SSSR count). The van der Waals surface area contributed by atoms with Crippen LogP contribution in [-0.2, 0) is 9.68 Å². The molecule has 0 spiro atoms. The Kier molecular flexibility index (Phi) is 16.9. The average Bonchev–Trinajstić information content (AvgIpc) is 3.18. The fourth-order valence-corrected chi connectivity index (χ4v) is 6.47. The van der Waals surface area contributed by atoms with Gasteiger partial charge in [0.2, 0.25) is 0 Å². The number of hydrogen-bond acceptors (Lipinski definition) is 8. The van der Waals surface area contributed by atoms with Crippen LogP contribution in [0.15, 0.2) is 97.1 Å². The molecule has 4 aromatic carbocycles. The highest BCUT2D eigenvalue weighted by Crippen LogP contribution is 2.31. The van der Waals surface area contributed by atoms with E-state index in [1.807, 2.05) is 13.0 Å². The minimum absolute atomic E-state index is 0.0575. The van der Waals surface area contributed by atoms with Crippen LogP contribution < -0.4 is 9.62 Å². The fourth-order valence-electron chi connectivity index (χ4n) is 6.47.